The van der Waals surface area contributed by atoms with Crippen molar-refractivity contribution < 1.29 is 69.6 Å². The van der Waals surface area contributed by atoms with E-state index >= 15 is 0 Å². The zero-order chi connectivity index (χ0) is 22.0. The van der Waals surface area contributed by atoms with Crippen LogP contribution in [0, 0.1) is 0 Å². The first-order valence-corrected chi connectivity index (χ1v) is 10.4. The number of thiophene rings is 1. The summed E-state index contributed by atoms with van der Waals surface area (Å²) >= 11 is 0.796. The fourth-order valence-electron chi connectivity index (χ4n) is 3.60. The fraction of sp³-hybridized carbons (Fsp3) is 0.250. The molecule has 1 saturated heterocycles. The van der Waals surface area contributed by atoms with Crippen molar-refractivity contribution in [3.63, 3.8) is 0 Å². The van der Waals surface area contributed by atoms with E-state index in [0.717, 1.165) is 22.3 Å². The number of nitrogens with one attached hydrogen (secondary N) is 1. The number of rotatable bonds is 4. The van der Waals surface area contributed by atoms with Gasteiger partial charge in [-0.05, 0) is 17.7 Å². The van der Waals surface area contributed by atoms with Gasteiger partial charge in [0.1, 0.15) is 12.1 Å². The predicted octanol–water partition coefficient (Wildman–Crippen LogP) is 0.585. The number of carbonyl (C=O) groups excluding carboxylic acids is 2. The number of amides is 3. The van der Waals surface area contributed by atoms with Crippen molar-refractivity contribution >= 4 is 33.7 Å². The molecule has 2 atom stereocenters. The minimum absolute atomic E-state index is 0. The number of carbonyl (C=O) groups is 2. The van der Waals surface area contributed by atoms with Gasteiger partial charge in [-0.15, -0.1) is 15.6 Å². The zero-order valence-electron chi connectivity index (χ0n) is 15.6. The molecule has 0 spiro atoms. The minimum atomic E-state index is -5.09. The van der Waals surface area contributed by atoms with E-state index in [1.54, 1.807) is 0 Å². The van der Waals surface area contributed by atoms with Crippen molar-refractivity contribution in [2.75, 3.05) is 6.54 Å². The topological polar surface area (TPSA) is 128 Å². The second-order valence-electron chi connectivity index (χ2n) is 6.52. The Kier molecular flexibility index (Phi) is 6.21. The molecule has 160 valence electrons. The van der Waals surface area contributed by atoms with Crippen molar-refractivity contribution in [2.24, 2.45) is 0 Å². The quantitative estimate of drug-likeness (QED) is 0.499. The summed E-state index contributed by atoms with van der Waals surface area (Å²) in [7, 11) is -5.09. The second kappa shape index (κ2) is 8.03. The number of fused-ring (bicyclic) bond motifs is 4. The van der Waals surface area contributed by atoms with Gasteiger partial charge < -0.3 is 15.4 Å². The van der Waals surface area contributed by atoms with E-state index in [9.17, 15) is 31.2 Å². The van der Waals surface area contributed by atoms with Gasteiger partial charge in [0.2, 0.25) is 0 Å². The van der Waals surface area contributed by atoms with Crippen LogP contribution in [0.3, 0.4) is 0 Å². The van der Waals surface area contributed by atoms with Gasteiger partial charge in [-0.1, -0.05) is 18.2 Å². The van der Waals surface area contributed by atoms with Crippen LogP contribution in [-0.4, -0.2) is 41.4 Å². The summed E-state index contributed by atoms with van der Waals surface area (Å²) in [6.07, 6.45) is -4.65. The molecule has 3 heterocycles. The van der Waals surface area contributed by atoms with E-state index in [1.165, 1.54) is 24.3 Å². The maximum atomic E-state index is 13.4. The van der Waals surface area contributed by atoms with E-state index in [0.29, 0.717) is 5.06 Å². The number of hydroxylamine groups is 2. The van der Waals surface area contributed by atoms with Crippen LogP contribution in [-0.2, 0) is 25.7 Å². The number of halogens is 3. The molecule has 0 aliphatic carbocycles. The van der Waals surface area contributed by atoms with E-state index < -0.39 is 46.2 Å². The molecular formula is C16H11F3N3NaO6S2. The van der Waals surface area contributed by atoms with E-state index in [4.69, 9.17) is 10.3 Å². The molecule has 2 aliphatic heterocycles. The Hall–Kier alpha value is -1.68. The van der Waals surface area contributed by atoms with Crippen LogP contribution in [0.2, 0.25) is 0 Å². The van der Waals surface area contributed by atoms with Gasteiger partial charge in [0.05, 0.1) is 18.0 Å². The molecule has 2 N–H and O–H groups in total. The van der Waals surface area contributed by atoms with Gasteiger partial charge in [0.25, 0.3) is 0 Å². The standard InChI is InChI=1S/C16H12F3N3O6S2.Na/c17-16(18,19)9-4-2-1-3-7(9)11-5-8-10-6-21(12(14(20)23)13(8)29-11)15(24)22(10)28-30(25,26)27;/h1-5,10,12H,6H2,(H3,20,23,25,26,27);/q;+1/p-1/t10-,12+;/m1./s1. The molecule has 15 heteroatoms. The monoisotopic (exact) mass is 485 g/mol. The molecule has 1 aromatic carbocycles. The average molecular weight is 485 g/mol. The van der Waals surface area contributed by atoms with E-state index in [1.807, 2.05) is 0 Å². The number of hydrogen-bond acceptors (Lipinski definition) is 6. The first-order chi connectivity index (χ1) is 13.9. The molecular weight excluding hydrogens is 474 g/mol. The summed E-state index contributed by atoms with van der Waals surface area (Å²) in [5, 5.41) is 0.337. The molecule has 1 aromatic heterocycles. The largest absolute Gasteiger partial charge is 1.00 e. The third-order valence-electron chi connectivity index (χ3n) is 4.72. The summed E-state index contributed by atoms with van der Waals surface area (Å²) in [6, 6.07) is 2.48. The Morgan fingerprint density at radius 3 is 2.52 bits per heavy atom. The molecule has 0 unspecified atom stereocenters. The molecule has 2 bridgehead atoms. The molecule has 2 aromatic rings. The fourth-order valence-corrected chi connectivity index (χ4v) is 5.34. The van der Waals surface area contributed by atoms with Crippen LogP contribution < -0.4 is 29.6 Å². The number of hydrogen-bond donors (Lipinski definition) is 1. The molecule has 9 nitrogen and oxygen atoms in total. The molecule has 2 aliphatic rings. The van der Waals surface area contributed by atoms with Crippen molar-refractivity contribution in [2.45, 2.75) is 18.3 Å². The van der Waals surface area contributed by atoms with Crippen LogP contribution in [0.4, 0.5) is 18.0 Å². The number of alkyl halides is 3. The van der Waals surface area contributed by atoms with Gasteiger partial charge in [0.15, 0.2) is 0 Å². The van der Waals surface area contributed by atoms with Gasteiger partial charge in [-0.25, -0.2) is 4.79 Å². The molecule has 31 heavy (non-hydrogen) atoms. The summed E-state index contributed by atoms with van der Waals surface area (Å²) in [6.45, 7) is -0.242. The molecule has 3 amide bonds. The SMILES string of the molecule is [NH-]C(=O)[C@@H]1c2sc(-c3ccccc3C(F)(F)F)cc2[C@H]2CN1C(=O)N2OS(=O)(=O)O.[Na+]. The van der Waals surface area contributed by atoms with Crippen LogP contribution in [0.1, 0.15) is 28.1 Å². The van der Waals surface area contributed by atoms with Crippen molar-refractivity contribution in [3.8, 4) is 10.4 Å². The van der Waals surface area contributed by atoms with Crippen LogP contribution >= 0.6 is 11.3 Å². The third-order valence-corrected chi connectivity index (χ3v) is 6.30. The van der Waals surface area contributed by atoms with Crippen molar-refractivity contribution in [1.29, 1.82) is 0 Å². The van der Waals surface area contributed by atoms with Crippen molar-refractivity contribution in [3.05, 3.63) is 52.1 Å². The first kappa shape index (κ1) is 24.0. The molecule has 0 radical (unpaired) electrons. The van der Waals surface area contributed by atoms with Crippen LogP contribution in [0.15, 0.2) is 30.3 Å². The van der Waals surface area contributed by atoms with Crippen LogP contribution in [0.25, 0.3) is 16.2 Å². The number of urea groups is 1. The number of nitrogens with zero attached hydrogens (tertiary/aromatic N) is 2. The molecule has 1 fully saturated rings. The normalized spacial score (nSPS) is 20.5. The summed E-state index contributed by atoms with van der Waals surface area (Å²) in [5.74, 6) is -1.20. The first-order valence-electron chi connectivity index (χ1n) is 8.21. The maximum Gasteiger partial charge on any atom is 1.00 e. The maximum absolute atomic E-state index is 13.4. The smallest absolute Gasteiger partial charge is 0.666 e. The van der Waals surface area contributed by atoms with Gasteiger partial charge >= 0.3 is 52.2 Å². The van der Waals surface area contributed by atoms with Gasteiger partial charge in [-0.3, -0.25) is 4.55 Å². The van der Waals surface area contributed by atoms with Gasteiger partial charge in [-0.2, -0.15) is 26.7 Å². The Morgan fingerprint density at radius 1 is 1.29 bits per heavy atom. The second-order valence-corrected chi connectivity index (χ2v) is 8.61. The summed E-state index contributed by atoms with van der Waals surface area (Å²) in [4.78, 5) is 25.5. The molecule has 0 saturated carbocycles. The third kappa shape index (κ3) is 4.20. The minimum Gasteiger partial charge on any atom is -0.666 e. The van der Waals surface area contributed by atoms with Crippen molar-refractivity contribution in [1.82, 2.24) is 9.96 Å². The summed E-state index contributed by atoms with van der Waals surface area (Å²) < 4.78 is 75.8. The molecule has 4 rings (SSSR count). The predicted molar refractivity (Wildman–Crippen MR) is 96.1 cm³/mol. The Morgan fingerprint density at radius 2 is 1.94 bits per heavy atom. The van der Waals surface area contributed by atoms with Gasteiger partial charge in [0, 0.05) is 15.3 Å². The Balaban J connectivity index is 0.00000272. The Bertz CT molecular complexity index is 1170. The zero-order valence-corrected chi connectivity index (χ0v) is 19.2. The number of benzene rings is 1. The Labute approximate surface area is 199 Å². The summed E-state index contributed by atoms with van der Waals surface area (Å²) in [5.41, 5.74) is 6.60. The van der Waals surface area contributed by atoms with Crippen LogP contribution in [0.5, 0.6) is 0 Å². The average Bonchev–Trinajstić information content (AvgIpc) is 3.17. The van der Waals surface area contributed by atoms with E-state index in [2.05, 4.69) is 4.28 Å². The van der Waals surface area contributed by atoms with E-state index in [-0.39, 0.29) is 57.0 Å².